The summed E-state index contributed by atoms with van der Waals surface area (Å²) in [5.74, 6) is -0.406. The van der Waals surface area contributed by atoms with Gasteiger partial charge in [0, 0.05) is 6.20 Å². The summed E-state index contributed by atoms with van der Waals surface area (Å²) in [5, 5.41) is 0. The van der Waals surface area contributed by atoms with Crippen molar-refractivity contribution in [3.8, 4) is 0 Å². The van der Waals surface area contributed by atoms with Crippen LogP contribution in [0.2, 0.25) is 0 Å². The lowest BCUT2D eigenvalue weighted by molar-refractivity contribution is 0.498. The fraction of sp³-hybridized carbons (Fsp3) is 0.0526. The summed E-state index contributed by atoms with van der Waals surface area (Å²) in [6.45, 7) is 0. The van der Waals surface area contributed by atoms with Crippen LogP contribution in [-0.2, 0) is 0 Å². The van der Waals surface area contributed by atoms with Crippen molar-refractivity contribution in [1.82, 2.24) is 9.55 Å². The highest BCUT2D eigenvalue weighted by Gasteiger charge is 2.22. The van der Waals surface area contributed by atoms with E-state index in [1.165, 1.54) is 0 Å². The van der Waals surface area contributed by atoms with Gasteiger partial charge in [0.05, 0.1) is 6.04 Å². The molecule has 0 bridgehead atoms. The molecule has 23 heavy (non-hydrogen) atoms. The highest BCUT2D eigenvalue weighted by atomic mass is 16.4. The van der Waals surface area contributed by atoms with Crippen molar-refractivity contribution in [3.63, 3.8) is 0 Å². The number of fused-ring (bicyclic) bond motifs is 1. The molecule has 0 unspecified atom stereocenters. The summed E-state index contributed by atoms with van der Waals surface area (Å²) >= 11 is 0. The van der Waals surface area contributed by atoms with Crippen LogP contribution in [0.5, 0.6) is 0 Å². The minimum absolute atomic E-state index is 0.277. The SMILES string of the molecule is O=c1oc2cccnc2n1C(c1ccccc1)c1ccccc1. The van der Waals surface area contributed by atoms with Gasteiger partial charge < -0.3 is 4.42 Å². The zero-order valence-electron chi connectivity index (χ0n) is 12.3. The Morgan fingerprint density at radius 3 is 2.04 bits per heavy atom. The summed E-state index contributed by atoms with van der Waals surface area (Å²) in [6.07, 6.45) is 1.67. The monoisotopic (exact) mass is 302 g/mol. The molecule has 2 aromatic carbocycles. The van der Waals surface area contributed by atoms with Crippen LogP contribution in [0.4, 0.5) is 0 Å². The van der Waals surface area contributed by atoms with Gasteiger partial charge in [0.1, 0.15) is 0 Å². The molecule has 4 heteroatoms. The molecule has 0 aliphatic carbocycles. The molecular formula is C19H14N2O2. The Kier molecular flexibility index (Phi) is 3.27. The molecule has 0 radical (unpaired) electrons. The van der Waals surface area contributed by atoms with Crippen molar-refractivity contribution < 1.29 is 4.42 Å². The zero-order chi connectivity index (χ0) is 15.6. The smallest absolute Gasteiger partial charge is 0.406 e. The maximum atomic E-state index is 12.5. The van der Waals surface area contributed by atoms with E-state index in [4.69, 9.17) is 4.42 Å². The number of benzene rings is 2. The number of nitrogens with zero attached hydrogens (tertiary/aromatic N) is 2. The summed E-state index contributed by atoms with van der Waals surface area (Å²) in [4.78, 5) is 16.8. The average Bonchev–Trinajstić information content (AvgIpc) is 2.94. The van der Waals surface area contributed by atoms with Crippen molar-refractivity contribution in [3.05, 3.63) is 101 Å². The Morgan fingerprint density at radius 1 is 0.826 bits per heavy atom. The van der Waals surface area contributed by atoms with Crippen LogP contribution < -0.4 is 5.76 Å². The normalized spacial score (nSPS) is 11.2. The molecule has 0 fully saturated rings. The van der Waals surface area contributed by atoms with Gasteiger partial charge in [-0.15, -0.1) is 0 Å². The van der Waals surface area contributed by atoms with E-state index < -0.39 is 5.76 Å². The van der Waals surface area contributed by atoms with Crippen molar-refractivity contribution in [1.29, 1.82) is 0 Å². The zero-order valence-corrected chi connectivity index (χ0v) is 12.3. The molecule has 2 heterocycles. The minimum atomic E-state index is -0.406. The number of oxazole rings is 1. The topological polar surface area (TPSA) is 48.0 Å². The Morgan fingerprint density at radius 2 is 1.43 bits per heavy atom. The molecule has 2 aromatic heterocycles. The molecule has 0 saturated carbocycles. The summed E-state index contributed by atoms with van der Waals surface area (Å²) < 4.78 is 6.98. The number of hydrogen-bond donors (Lipinski definition) is 0. The van der Waals surface area contributed by atoms with E-state index in [1.807, 2.05) is 60.7 Å². The van der Waals surface area contributed by atoms with Gasteiger partial charge in [0.2, 0.25) is 0 Å². The van der Waals surface area contributed by atoms with Gasteiger partial charge in [-0.05, 0) is 23.3 Å². The molecule has 4 aromatic rings. The Hall–Kier alpha value is -3.14. The molecule has 0 spiro atoms. The molecule has 4 nitrogen and oxygen atoms in total. The third-order valence-electron chi connectivity index (χ3n) is 3.86. The summed E-state index contributed by atoms with van der Waals surface area (Å²) in [6, 6.07) is 23.0. The van der Waals surface area contributed by atoms with Gasteiger partial charge >= 0.3 is 5.76 Å². The Bertz CT molecular complexity index is 949. The van der Waals surface area contributed by atoms with E-state index in [1.54, 1.807) is 22.9 Å². The van der Waals surface area contributed by atoms with E-state index in [2.05, 4.69) is 4.98 Å². The third-order valence-corrected chi connectivity index (χ3v) is 3.86. The highest BCUT2D eigenvalue weighted by Crippen LogP contribution is 2.28. The molecular weight excluding hydrogens is 288 g/mol. The van der Waals surface area contributed by atoms with Crippen LogP contribution >= 0.6 is 0 Å². The van der Waals surface area contributed by atoms with Gasteiger partial charge in [0.15, 0.2) is 11.2 Å². The predicted octanol–water partition coefficient (Wildman–Crippen LogP) is 3.63. The first-order valence-corrected chi connectivity index (χ1v) is 7.40. The van der Waals surface area contributed by atoms with Gasteiger partial charge in [-0.1, -0.05) is 60.7 Å². The van der Waals surface area contributed by atoms with Gasteiger partial charge in [0.25, 0.3) is 0 Å². The second-order valence-corrected chi connectivity index (χ2v) is 5.29. The predicted molar refractivity (Wildman–Crippen MR) is 88.4 cm³/mol. The van der Waals surface area contributed by atoms with Gasteiger partial charge in [-0.3, -0.25) is 0 Å². The van der Waals surface area contributed by atoms with Crippen LogP contribution in [-0.4, -0.2) is 9.55 Å². The van der Waals surface area contributed by atoms with Gasteiger partial charge in [-0.2, -0.15) is 0 Å². The first kappa shape index (κ1) is 13.5. The van der Waals surface area contributed by atoms with Crippen molar-refractivity contribution in [2.75, 3.05) is 0 Å². The van der Waals surface area contributed by atoms with Crippen LogP contribution in [0.3, 0.4) is 0 Å². The summed E-state index contributed by atoms with van der Waals surface area (Å²) in [5.41, 5.74) is 3.06. The molecule has 0 aliphatic heterocycles. The fourth-order valence-electron chi connectivity index (χ4n) is 2.86. The second-order valence-electron chi connectivity index (χ2n) is 5.29. The van der Waals surface area contributed by atoms with Gasteiger partial charge in [-0.25, -0.2) is 14.3 Å². The van der Waals surface area contributed by atoms with Crippen LogP contribution in [0.15, 0.2) is 88.2 Å². The van der Waals surface area contributed by atoms with Crippen molar-refractivity contribution >= 4 is 11.2 Å². The second kappa shape index (κ2) is 5.57. The average molecular weight is 302 g/mol. The molecule has 4 rings (SSSR count). The maximum Gasteiger partial charge on any atom is 0.422 e. The first-order valence-electron chi connectivity index (χ1n) is 7.40. The molecule has 112 valence electrons. The lowest BCUT2D eigenvalue weighted by Crippen LogP contribution is -2.22. The minimum Gasteiger partial charge on any atom is -0.406 e. The number of aromatic nitrogens is 2. The van der Waals surface area contributed by atoms with Crippen molar-refractivity contribution in [2.24, 2.45) is 0 Å². The third kappa shape index (κ3) is 2.34. The molecule has 0 aliphatic rings. The molecule has 0 saturated heterocycles. The van der Waals surface area contributed by atoms with E-state index in [9.17, 15) is 4.79 Å². The molecule has 0 amide bonds. The number of pyridine rings is 1. The maximum absolute atomic E-state index is 12.5. The quantitative estimate of drug-likeness (QED) is 0.580. The fourth-order valence-corrected chi connectivity index (χ4v) is 2.86. The first-order chi connectivity index (χ1) is 11.3. The van der Waals surface area contributed by atoms with Crippen LogP contribution in [0.25, 0.3) is 11.2 Å². The standard InChI is InChI=1S/C19H14N2O2/c22-19-21(18-16(23-19)12-7-13-20-18)17(14-8-3-1-4-9-14)15-10-5-2-6-11-15/h1-13,17H. The van der Waals surface area contributed by atoms with Crippen LogP contribution in [0, 0.1) is 0 Å². The van der Waals surface area contributed by atoms with Crippen molar-refractivity contribution in [2.45, 2.75) is 6.04 Å². The van der Waals surface area contributed by atoms with E-state index in [0.717, 1.165) is 11.1 Å². The van der Waals surface area contributed by atoms with E-state index in [-0.39, 0.29) is 6.04 Å². The lowest BCUT2D eigenvalue weighted by Gasteiger charge is -2.18. The number of hydrogen-bond acceptors (Lipinski definition) is 3. The highest BCUT2D eigenvalue weighted by molar-refractivity contribution is 5.68. The largest absolute Gasteiger partial charge is 0.422 e. The molecule has 0 atom stereocenters. The van der Waals surface area contributed by atoms with E-state index >= 15 is 0 Å². The summed E-state index contributed by atoms with van der Waals surface area (Å²) in [7, 11) is 0. The van der Waals surface area contributed by atoms with E-state index in [0.29, 0.717) is 11.2 Å². The number of rotatable bonds is 3. The Balaban J connectivity index is 2.02. The van der Waals surface area contributed by atoms with Crippen LogP contribution in [0.1, 0.15) is 17.2 Å². The Labute approximate surface area is 132 Å². The molecule has 0 N–H and O–H groups in total. The lowest BCUT2D eigenvalue weighted by atomic mass is 9.98.